The van der Waals surface area contributed by atoms with Crippen molar-refractivity contribution in [2.24, 2.45) is 0 Å². The van der Waals surface area contributed by atoms with Gasteiger partial charge in [-0.1, -0.05) is 39.7 Å². The molecule has 0 saturated carbocycles. The number of nitrogens with zero attached hydrogens (tertiary/aromatic N) is 1. The van der Waals surface area contributed by atoms with Crippen LogP contribution in [0.15, 0.2) is 50.9 Å². The number of para-hydroxylation sites is 1. The quantitative estimate of drug-likeness (QED) is 0.482. The molecule has 4 amide bonds. The number of carbonyl (C=O) groups is 3. The Morgan fingerprint density at radius 2 is 1.85 bits per heavy atom. The van der Waals surface area contributed by atoms with Crippen LogP contribution in [-0.2, 0) is 9.59 Å². The fourth-order valence-corrected chi connectivity index (χ4v) is 4.21. The molecular formula is C18H11Br2ClN2O4. The van der Waals surface area contributed by atoms with E-state index < -0.39 is 17.8 Å². The first-order valence-corrected chi connectivity index (χ1v) is 9.49. The fourth-order valence-electron chi connectivity index (χ4n) is 2.57. The number of imide groups is 2. The molecule has 27 heavy (non-hydrogen) atoms. The molecule has 1 N–H and O–H groups in total. The second-order valence-corrected chi connectivity index (χ2v) is 7.60. The van der Waals surface area contributed by atoms with Crippen LogP contribution in [0.25, 0.3) is 6.08 Å². The topological polar surface area (TPSA) is 75.7 Å². The van der Waals surface area contributed by atoms with Crippen LogP contribution in [-0.4, -0.2) is 25.0 Å². The van der Waals surface area contributed by atoms with E-state index in [4.69, 9.17) is 16.3 Å². The van der Waals surface area contributed by atoms with Crippen LogP contribution in [0.2, 0.25) is 5.02 Å². The summed E-state index contributed by atoms with van der Waals surface area (Å²) in [6.45, 7) is 0. The summed E-state index contributed by atoms with van der Waals surface area (Å²) in [5, 5.41) is 2.36. The Morgan fingerprint density at radius 3 is 2.52 bits per heavy atom. The highest BCUT2D eigenvalue weighted by molar-refractivity contribution is 9.11. The summed E-state index contributed by atoms with van der Waals surface area (Å²) < 4.78 is 6.68. The zero-order valence-electron chi connectivity index (χ0n) is 13.8. The third-order valence-electron chi connectivity index (χ3n) is 3.74. The van der Waals surface area contributed by atoms with Crippen molar-refractivity contribution in [3.8, 4) is 5.75 Å². The molecule has 0 aromatic heterocycles. The molecule has 6 nitrogen and oxygen atoms in total. The minimum absolute atomic E-state index is 0.183. The Balaban J connectivity index is 2.12. The highest BCUT2D eigenvalue weighted by atomic mass is 79.9. The monoisotopic (exact) mass is 512 g/mol. The van der Waals surface area contributed by atoms with Crippen LogP contribution in [0.5, 0.6) is 5.75 Å². The molecule has 1 aliphatic heterocycles. The van der Waals surface area contributed by atoms with Crippen molar-refractivity contribution in [1.82, 2.24) is 5.32 Å². The SMILES string of the molecule is COc1c(Br)cc(Br)cc1/C=C1\C(=O)NC(=O)N(c2ccccc2Cl)C1=O. The molecule has 0 spiro atoms. The molecule has 0 aliphatic carbocycles. The number of hydrogen-bond acceptors (Lipinski definition) is 4. The standard InChI is InChI=1S/C18H11Br2ClN2O4/c1-27-15-9(6-10(19)8-12(15)20)7-11-16(24)22-18(26)23(17(11)25)14-5-3-2-4-13(14)21/h2-8H,1H3,(H,22,24,26)/b11-7+. The second-order valence-electron chi connectivity index (χ2n) is 5.42. The van der Waals surface area contributed by atoms with Crippen molar-refractivity contribution in [3.05, 3.63) is 61.5 Å². The number of methoxy groups -OCH3 is 1. The Bertz CT molecular complexity index is 1010. The van der Waals surface area contributed by atoms with Crippen molar-refractivity contribution in [2.45, 2.75) is 0 Å². The highest BCUT2D eigenvalue weighted by Crippen LogP contribution is 2.35. The number of carbonyl (C=O) groups excluding carboxylic acids is 3. The Hall–Kier alpha value is -2.16. The number of nitrogens with one attached hydrogen (secondary N) is 1. The van der Waals surface area contributed by atoms with Gasteiger partial charge in [0, 0.05) is 10.0 Å². The molecule has 1 saturated heterocycles. The van der Waals surface area contributed by atoms with Crippen molar-refractivity contribution < 1.29 is 19.1 Å². The Morgan fingerprint density at radius 1 is 1.15 bits per heavy atom. The molecule has 1 heterocycles. The van der Waals surface area contributed by atoms with Crippen LogP contribution in [0.3, 0.4) is 0 Å². The van der Waals surface area contributed by atoms with E-state index in [1.165, 1.54) is 19.3 Å². The average Bonchev–Trinajstić information content (AvgIpc) is 2.59. The van der Waals surface area contributed by atoms with Crippen LogP contribution in [0, 0.1) is 0 Å². The van der Waals surface area contributed by atoms with Gasteiger partial charge in [-0.25, -0.2) is 9.69 Å². The zero-order chi connectivity index (χ0) is 19.7. The number of amides is 4. The van der Waals surface area contributed by atoms with Gasteiger partial charge in [-0.05, 0) is 46.3 Å². The molecular weight excluding hydrogens is 503 g/mol. The molecule has 2 aromatic carbocycles. The van der Waals surface area contributed by atoms with Gasteiger partial charge in [0.2, 0.25) is 0 Å². The molecule has 1 aliphatic rings. The molecule has 0 radical (unpaired) electrons. The first kappa shape index (κ1) is 19.6. The lowest BCUT2D eigenvalue weighted by Gasteiger charge is -2.27. The molecule has 0 atom stereocenters. The number of urea groups is 1. The average molecular weight is 515 g/mol. The highest BCUT2D eigenvalue weighted by Gasteiger charge is 2.37. The van der Waals surface area contributed by atoms with Gasteiger partial charge >= 0.3 is 6.03 Å². The molecule has 0 unspecified atom stereocenters. The predicted octanol–water partition coefficient (Wildman–Crippen LogP) is 4.54. The maximum absolute atomic E-state index is 12.9. The number of ether oxygens (including phenoxy) is 1. The first-order chi connectivity index (χ1) is 12.8. The van der Waals surface area contributed by atoms with Crippen LogP contribution in [0.4, 0.5) is 10.5 Å². The number of anilines is 1. The normalized spacial score (nSPS) is 15.9. The fraction of sp³-hybridized carbons (Fsp3) is 0.0556. The molecule has 9 heteroatoms. The smallest absolute Gasteiger partial charge is 0.335 e. The summed E-state index contributed by atoms with van der Waals surface area (Å²) in [6, 6.07) is 8.96. The lowest BCUT2D eigenvalue weighted by molar-refractivity contribution is -0.122. The Kier molecular flexibility index (Phi) is 5.69. The number of benzene rings is 2. The van der Waals surface area contributed by atoms with Gasteiger partial charge in [-0.15, -0.1) is 0 Å². The lowest BCUT2D eigenvalue weighted by Crippen LogP contribution is -2.54. The summed E-state index contributed by atoms with van der Waals surface area (Å²) in [5.41, 5.74) is 0.436. The van der Waals surface area contributed by atoms with E-state index in [0.29, 0.717) is 20.3 Å². The summed E-state index contributed by atoms with van der Waals surface area (Å²) in [7, 11) is 1.47. The van der Waals surface area contributed by atoms with Crippen molar-refractivity contribution in [1.29, 1.82) is 0 Å². The number of rotatable bonds is 3. The van der Waals surface area contributed by atoms with Crippen molar-refractivity contribution in [3.63, 3.8) is 0 Å². The third kappa shape index (κ3) is 3.78. The number of barbiturate groups is 1. The molecule has 138 valence electrons. The van der Waals surface area contributed by atoms with Gasteiger partial charge in [-0.3, -0.25) is 14.9 Å². The predicted molar refractivity (Wildman–Crippen MR) is 109 cm³/mol. The van der Waals surface area contributed by atoms with E-state index >= 15 is 0 Å². The van der Waals surface area contributed by atoms with Gasteiger partial charge in [0.25, 0.3) is 11.8 Å². The number of halogens is 3. The van der Waals surface area contributed by atoms with E-state index in [1.54, 1.807) is 30.3 Å². The third-order valence-corrected chi connectivity index (χ3v) is 5.10. The van der Waals surface area contributed by atoms with Crippen molar-refractivity contribution >= 4 is 73.1 Å². The summed E-state index contributed by atoms with van der Waals surface area (Å²) in [5.74, 6) is -1.14. The Labute approximate surface area is 176 Å². The minimum Gasteiger partial charge on any atom is -0.495 e. The van der Waals surface area contributed by atoms with Gasteiger partial charge in [-0.2, -0.15) is 0 Å². The first-order valence-electron chi connectivity index (χ1n) is 7.52. The summed E-state index contributed by atoms with van der Waals surface area (Å²) in [6.07, 6.45) is 1.36. The van der Waals surface area contributed by atoms with Gasteiger partial charge < -0.3 is 4.74 Å². The largest absolute Gasteiger partial charge is 0.495 e. The maximum atomic E-state index is 12.9. The van der Waals surface area contributed by atoms with Crippen LogP contribution < -0.4 is 15.0 Å². The van der Waals surface area contributed by atoms with E-state index in [2.05, 4.69) is 37.2 Å². The van der Waals surface area contributed by atoms with E-state index in [1.807, 2.05) is 0 Å². The van der Waals surface area contributed by atoms with Gasteiger partial charge in [0.1, 0.15) is 11.3 Å². The molecule has 0 bridgehead atoms. The zero-order valence-corrected chi connectivity index (χ0v) is 17.7. The molecule has 3 rings (SSSR count). The van der Waals surface area contributed by atoms with Crippen molar-refractivity contribution in [2.75, 3.05) is 12.0 Å². The number of hydrogen-bond donors (Lipinski definition) is 1. The molecule has 2 aromatic rings. The summed E-state index contributed by atoms with van der Waals surface area (Å²) in [4.78, 5) is 38.3. The molecule has 1 fully saturated rings. The van der Waals surface area contributed by atoms with E-state index in [-0.39, 0.29) is 16.3 Å². The maximum Gasteiger partial charge on any atom is 0.335 e. The second kappa shape index (κ2) is 7.84. The van der Waals surface area contributed by atoms with Gasteiger partial charge in [0.15, 0.2) is 0 Å². The lowest BCUT2D eigenvalue weighted by atomic mass is 10.1. The van der Waals surface area contributed by atoms with Gasteiger partial charge in [0.05, 0.1) is 22.3 Å². The van der Waals surface area contributed by atoms with E-state index in [9.17, 15) is 14.4 Å². The van der Waals surface area contributed by atoms with Crippen LogP contribution in [0.1, 0.15) is 5.56 Å². The minimum atomic E-state index is -0.863. The summed E-state index contributed by atoms with van der Waals surface area (Å²) >= 11 is 12.8. The van der Waals surface area contributed by atoms with Crippen LogP contribution >= 0.6 is 43.5 Å². The van der Waals surface area contributed by atoms with E-state index in [0.717, 1.165) is 4.90 Å².